The van der Waals surface area contributed by atoms with Crippen LogP contribution in [0, 0.1) is 5.82 Å². The molecule has 4 rings (SSSR count). The summed E-state index contributed by atoms with van der Waals surface area (Å²) >= 11 is 15.4. The third-order valence-corrected chi connectivity index (χ3v) is 6.74. The first-order valence-corrected chi connectivity index (χ1v) is 11.7. The van der Waals surface area contributed by atoms with Gasteiger partial charge in [-0.25, -0.2) is 14.1 Å². The zero-order valence-corrected chi connectivity index (χ0v) is 21.2. The summed E-state index contributed by atoms with van der Waals surface area (Å²) in [6, 6.07) is 13.0. The van der Waals surface area contributed by atoms with Gasteiger partial charge in [-0.2, -0.15) is 0 Å². The minimum atomic E-state index is -0.908. The molecule has 3 aromatic carbocycles. The molecule has 1 aliphatic heterocycles. The highest BCUT2D eigenvalue weighted by molar-refractivity contribution is 9.10. The molecule has 0 aromatic heterocycles. The number of barbiturate groups is 1. The summed E-state index contributed by atoms with van der Waals surface area (Å²) in [5.74, 6) is -1.59. The molecule has 178 valence electrons. The van der Waals surface area contributed by atoms with Crippen LogP contribution in [-0.2, 0) is 16.0 Å². The summed E-state index contributed by atoms with van der Waals surface area (Å²) in [4.78, 5) is 38.9. The van der Waals surface area contributed by atoms with E-state index in [1.54, 1.807) is 30.3 Å². The Morgan fingerprint density at radius 1 is 1.06 bits per heavy atom. The van der Waals surface area contributed by atoms with Crippen molar-refractivity contribution in [2.24, 2.45) is 0 Å². The smallest absolute Gasteiger partial charge is 0.335 e. The third-order valence-electron chi connectivity index (χ3n) is 5.30. The number of hydrogen-bond acceptors (Lipinski definition) is 4. The van der Waals surface area contributed by atoms with Gasteiger partial charge in [-0.15, -0.1) is 0 Å². The Labute approximate surface area is 218 Å². The molecule has 0 spiro atoms. The van der Waals surface area contributed by atoms with Gasteiger partial charge in [0.1, 0.15) is 17.1 Å². The lowest BCUT2D eigenvalue weighted by Gasteiger charge is -2.26. The SMILES string of the molecule is COc1cc(/C=C2\C(=O)NC(=O)N(c3ccc(Cl)c(Cl)c3)C2=O)cc(Br)c1Cc1ccccc1F. The van der Waals surface area contributed by atoms with E-state index in [1.165, 1.54) is 37.5 Å². The maximum Gasteiger partial charge on any atom is 0.335 e. The maximum absolute atomic E-state index is 14.2. The molecule has 1 N–H and O–H groups in total. The summed E-state index contributed by atoms with van der Waals surface area (Å²) in [5, 5.41) is 2.55. The number of carbonyl (C=O) groups excluding carboxylic acids is 3. The van der Waals surface area contributed by atoms with Crippen molar-refractivity contribution in [1.29, 1.82) is 0 Å². The van der Waals surface area contributed by atoms with E-state index in [-0.39, 0.29) is 33.5 Å². The van der Waals surface area contributed by atoms with Crippen LogP contribution in [-0.4, -0.2) is 25.0 Å². The molecule has 35 heavy (non-hydrogen) atoms. The Kier molecular flexibility index (Phi) is 7.25. The van der Waals surface area contributed by atoms with E-state index < -0.39 is 17.8 Å². The van der Waals surface area contributed by atoms with Crippen LogP contribution in [0.4, 0.5) is 14.9 Å². The second kappa shape index (κ2) is 10.2. The number of imide groups is 2. The van der Waals surface area contributed by atoms with Crippen molar-refractivity contribution in [1.82, 2.24) is 5.32 Å². The lowest BCUT2D eigenvalue weighted by Crippen LogP contribution is -2.54. The summed E-state index contributed by atoms with van der Waals surface area (Å²) in [7, 11) is 1.46. The van der Waals surface area contributed by atoms with E-state index in [9.17, 15) is 18.8 Å². The molecule has 0 radical (unpaired) electrons. The molecule has 3 aromatic rings. The molecule has 0 saturated carbocycles. The molecule has 0 bridgehead atoms. The quantitative estimate of drug-likeness (QED) is 0.291. The van der Waals surface area contributed by atoms with Gasteiger partial charge in [0.25, 0.3) is 11.8 Å². The summed E-state index contributed by atoms with van der Waals surface area (Å²) < 4.78 is 20.3. The summed E-state index contributed by atoms with van der Waals surface area (Å²) in [5.41, 5.74) is 1.50. The van der Waals surface area contributed by atoms with Crippen molar-refractivity contribution in [2.75, 3.05) is 12.0 Å². The number of methoxy groups -OCH3 is 1. The number of nitrogens with one attached hydrogen (secondary N) is 1. The zero-order valence-electron chi connectivity index (χ0n) is 18.1. The van der Waals surface area contributed by atoms with Crippen LogP contribution >= 0.6 is 39.1 Å². The predicted molar refractivity (Wildman–Crippen MR) is 135 cm³/mol. The van der Waals surface area contributed by atoms with Crippen LogP contribution in [0.2, 0.25) is 10.0 Å². The van der Waals surface area contributed by atoms with Crippen LogP contribution < -0.4 is 15.0 Å². The number of urea groups is 1. The Balaban J connectivity index is 1.72. The largest absolute Gasteiger partial charge is 0.496 e. The van der Waals surface area contributed by atoms with Crippen molar-refractivity contribution < 1.29 is 23.5 Å². The van der Waals surface area contributed by atoms with E-state index in [2.05, 4.69) is 21.2 Å². The van der Waals surface area contributed by atoms with Gasteiger partial charge in [-0.3, -0.25) is 14.9 Å². The number of hydrogen-bond donors (Lipinski definition) is 1. The Bertz CT molecular complexity index is 1410. The molecule has 6 nitrogen and oxygen atoms in total. The number of rotatable bonds is 5. The standard InChI is InChI=1S/C25H16BrCl2FN2O4/c1-35-22-10-13(9-18(26)16(22)11-14-4-2-3-5-21(14)29)8-17-23(32)30-25(34)31(24(17)33)15-6-7-19(27)20(28)12-15/h2-10,12H,11H2,1H3,(H,30,32,34)/b17-8+. The molecule has 10 heteroatoms. The lowest BCUT2D eigenvalue weighted by molar-refractivity contribution is -0.122. The molecule has 0 atom stereocenters. The van der Waals surface area contributed by atoms with E-state index >= 15 is 0 Å². The average molecular weight is 578 g/mol. The van der Waals surface area contributed by atoms with Gasteiger partial charge < -0.3 is 4.74 Å². The Morgan fingerprint density at radius 3 is 2.49 bits per heavy atom. The number of amides is 4. The Hall–Kier alpha value is -3.20. The van der Waals surface area contributed by atoms with Crippen LogP contribution in [0.25, 0.3) is 6.08 Å². The van der Waals surface area contributed by atoms with Gasteiger partial charge in [0, 0.05) is 16.5 Å². The minimum absolute atomic E-state index is 0.145. The fraction of sp³-hybridized carbons (Fsp3) is 0.0800. The average Bonchev–Trinajstić information content (AvgIpc) is 2.81. The highest BCUT2D eigenvalue weighted by atomic mass is 79.9. The van der Waals surface area contributed by atoms with Crippen molar-refractivity contribution in [3.05, 3.63) is 97.2 Å². The van der Waals surface area contributed by atoms with E-state index in [4.69, 9.17) is 27.9 Å². The molecule has 1 heterocycles. The number of nitrogens with zero attached hydrogens (tertiary/aromatic N) is 1. The summed E-state index contributed by atoms with van der Waals surface area (Å²) in [6.07, 6.45) is 1.60. The molecular weight excluding hydrogens is 562 g/mol. The summed E-state index contributed by atoms with van der Waals surface area (Å²) in [6.45, 7) is 0. The topological polar surface area (TPSA) is 75.7 Å². The number of benzene rings is 3. The molecule has 0 aliphatic carbocycles. The first-order chi connectivity index (χ1) is 16.7. The third kappa shape index (κ3) is 5.10. The van der Waals surface area contributed by atoms with Crippen molar-refractivity contribution in [3.8, 4) is 5.75 Å². The van der Waals surface area contributed by atoms with Crippen molar-refractivity contribution in [2.45, 2.75) is 6.42 Å². The van der Waals surface area contributed by atoms with Crippen molar-refractivity contribution >= 4 is 68.7 Å². The van der Waals surface area contributed by atoms with Gasteiger partial charge in [0.05, 0.1) is 22.8 Å². The first-order valence-electron chi connectivity index (χ1n) is 10.2. The first kappa shape index (κ1) is 24.9. The fourth-order valence-electron chi connectivity index (χ4n) is 3.58. The minimum Gasteiger partial charge on any atom is -0.496 e. The van der Waals surface area contributed by atoms with E-state index in [0.717, 1.165) is 4.90 Å². The van der Waals surface area contributed by atoms with Crippen LogP contribution in [0.5, 0.6) is 5.75 Å². The van der Waals surface area contributed by atoms with Gasteiger partial charge in [0.15, 0.2) is 0 Å². The maximum atomic E-state index is 14.2. The molecule has 4 amide bonds. The number of anilines is 1. The monoisotopic (exact) mass is 576 g/mol. The van der Waals surface area contributed by atoms with E-state index in [0.29, 0.717) is 26.9 Å². The van der Waals surface area contributed by atoms with Crippen LogP contribution in [0.3, 0.4) is 0 Å². The highest BCUT2D eigenvalue weighted by Gasteiger charge is 2.37. The molecule has 1 aliphatic rings. The van der Waals surface area contributed by atoms with Gasteiger partial charge in [0.2, 0.25) is 0 Å². The number of halogens is 4. The molecule has 0 unspecified atom stereocenters. The normalized spacial score (nSPS) is 14.9. The second-order valence-corrected chi connectivity index (χ2v) is 9.18. The zero-order chi connectivity index (χ0) is 25.3. The van der Waals surface area contributed by atoms with Crippen molar-refractivity contribution in [3.63, 3.8) is 0 Å². The fourth-order valence-corrected chi connectivity index (χ4v) is 4.48. The second-order valence-electron chi connectivity index (χ2n) is 7.51. The molecule has 1 fully saturated rings. The number of carbonyl (C=O) groups is 3. The van der Waals surface area contributed by atoms with E-state index in [1.807, 2.05) is 0 Å². The number of ether oxygens (including phenoxy) is 1. The lowest BCUT2D eigenvalue weighted by atomic mass is 10.00. The van der Waals surface area contributed by atoms with Gasteiger partial charge in [-0.05, 0) is 53.6 Å². The van der Waals surface area contributed by atoms with Gasteiger partial charge >= 0.3 is 6.03 Å². The van der Waals surface area contributed by atoms with Crippen LogP contribution in [0.15, 0.2) is 64.6 Å². The van der Waals surface area contributed by atoms with Crippen LogP contribution in [0.1, 0.15) is 16.7 Å². The Morgan fingerprint density at radius 2 is 1.80 bits per heavy atom. The highest BCUT2D eigenvalue weighted by Crippen LogP contribution is 2.34. The molecular formula is C25H16BrCl2FN2O4. The predicted octanol–water partition coefficient (Wildman–Crippen LogP) is 6.16. The molecule has 1 saturated heterocycles. The van der Waals surface area contributed by atoms with Gasteiger partial charge in [-0.1, -0.05) is 57.3 Å².